The number of nitrogens with zero attached hydrogens (tertiary/aromatic N) is 1. The highest BCUT2D eigenvalue weighted by atomic mass is 16.5. The SMILES string of the molecule is CNC(c1ccc(C)nc1)c1cccc(OC)c1. The van der Waals surface area contributed by atoms with Crippen molar-refractivity contribution in [3.05, 3.63) is 59.4 Å². The van der Waals surface area contributed by atoms with Gasteiger partial charge in [-0.15, -0.1) is 0 Å². The number of hydrogen-bond donors (Lipinski definition) is 1. The van der Waals surface area contributed by atoms with E-state index in [1.54, 1.807) is 7.11 Å². The first-order valence-electron chi connectivity index (χ1n) is 5.98. The summed E-state index contributed by atoms with van der Waals surface area (Å²) in [6, 6.07) is 12.3. The molecule has 1 atom stereocenters. The van der Waals surface area contributed by atoms with Gasteiger partial charge in [-0.3, -0.25) is 4.98 Å². The molecule has 2 rings (SSSR count). The first-order chi connectivity index (χ1) is 8.74. The Labute approximate surface area is 108 Å². The van der Waals surface area contributed by atoms with Gasteiger partial charge in [-0.2, -0.15) is 0 Å². The first kappa shape index (κ1) is 12.6. The summed E-state index contributed by atoms with van der Waals surface area (Å²) in [6.45, 7) is 1.99. The minimum absolute atomic E-state index is 0.133. The summed E-state index contributed by atoms with van der Waals surface area (Å²) in [6.07, 6.45) is 1.91. The van der Waals surface area contributed by atoms with E-state index in [0.717, 1.165) is 17.0 Å². The number of benzene rings is 1. The predicted octanol–water partition coefficient (Wildman–Crippen LogP) is 2.71. The second-order valence-corrected chi connectivity index (χ2v) is 4.23. The molecule has 1 N–H and O–H groups in total. The zero-order valence-corrected chi connectivity index (χ0v) is 11.0. The lowest BCUT2D eigenvalue weighted by Gasteiger charge is -2.17. The van der Waals surface area contributed by atoms with E-state index in [2.05, 4.69) is 22.4 Å². The molecule has 1 aromatic carbocycles. The minimum atomic E-state index is 0.133. The van der Waals surface area contributed by atoms with Crippen LogP contribution < -0.4 is 10.1 Å². The molecule has 0 aliphatic carbocycles. The number of aryl methyl sites for hydroxylation is 1. The quantitative estimate of drug-likeness (QED) is 0.895. The molecule has 1 aromatic heterocycles. The van der Waals surface area contributed by atoms with E-state index in [-0.39, 0.29) is 6.04 Å². The topological polar surface area (TPSA) is 34.2 Å². The van der Waals surface area contributed by atoms with Crippen molar-refractivity contribution in [2.45, 2.75) is 13.0 Å². The molecule has 0 aliphatic rings. The third kappa shape index (κ3) is 2.68. The zero-order chi connectivity index (χ0) is 13.0. The highest BCUT2D eigenvalue weighted by molar-refractivity contribution is 5.36. The molecule has 18 heavy (non-hydrogen) atoms. The van der Waals surface area contributed by atoms with Gasteiger partial charge in [-0.05, 0) is 43.3 Å². The monoisotopic (exact) mass is 242 g/mol. The molecular formula is C15H18N2O. The van der Waals surface area contributed by atoms with E-state index < -0.39 is 0 Å². The largest absolute Gasteiger partial charge is 0.497 e. The lowest BCUT2D eigenvalue weighted by Crippen LogP contribution is -2.17. The Morgan fingerprint density at radius 2 is 2.00 bits per heavy atom. The summed E-state index contributed by atoms with van der Waals surface area (Å²) in [7, 11) is 3.63. The Bertz CT molecular complexity index is 508. The Morgan fingerprint density at radius 1 is 1.17 bits per heavy atom. The summed E-state index contributed by atoms with van der Waals surface area (Å²) in [4.78, 5) is 4.34. The van der Waals surface area contributed by atoms with Crippen LogP contribution in [0.3, 0.4) is 0 Å². The van der Waals surface area contributed by atoms with E-state index in [1.807, 2.05) is 44.4 Å². The first-order valence-corrected chi connectivity index (χ1v) is 5.98. The van der Waals surface area contributed by atoms with Gasteiger partial charge < -0.3 is 10.1 Å². The van der Waals surface area contributed by atoms with Gasteiger partial charge in [0.25, 0.3) is 0 Å². The fraction of sp³-hybridized carbons (Fsp3) is 0.267. The van der Waals surface area contributed by atoms with Crippen LogP contribution in [-0.4, -0.2) is 19.1 Å². The second-order valence-electron chi connectivity index (χ2n) is 4.23. The molecule has 0 bridgehead atoms. The van der Waals surface area contributed by atoms with Crippen LogP contribution >= 0.6 is 0 Å². The van der Waals surface area contributed by atoms with Gasteiger partial charge in [0.05, 0.1) is 13.2 Å². The molecule has 3 nitrogen and oxygen atoms in total. The Kier molecular flexibility index (Phi) is 3.95. The molecule has 3 heteroatoms. The van der Waals surface area contributed by atoms with Gasteiger partial charge >= 0.3 is 0 Å². The number of aromatic nitrogens is 1. The summed E-state index contributed by atoms with van der Waals surface area (Å²) in [5.74, 6) is 0.868. The number of methoxy groups -OCH3 is 1. The van der Waals surface area contributed by atoms with Crippen molar-refractivity contribution in [3.63, 3.8) is 0 Å². The maximum atomic E-state index is 5.26. The summed E-state index contributed by atoms with van der Waals surface area (Å²) < 4.78 is 5.26. The van der Waals surface area contributed by atoms with Gasteiger partial charge in [0.1, 0.15) is 5.75 Å². The summed E-state index contributed by atoms with van der Waals surface area (Å²) in [5, 5.41) is 3.31. The number of nitrogens with one attached hydrogen (secondary N) is 1. The maximum Gasteiger partial charge on any atom is 0.119 e. The van der Waals surface area contributed by atoms with Gasteiger partial charge in [0.2, 0.25) is 0 Å². The summed E-state index contributed by atoms with van der Waals surface area (Å²) in [5.41, 5.74) is 3.35. The van der Waals surface area contributed by atoms with Crippen LogP contribution in [0.1, 0.15) is 22.9 Å². The maximum absolute atomic E-state index is 5.26. The molecular weight excluding hydrogens is 224 g/mol. The molecule has 0 amide bonds. The molecule has 0 radical (unpaired) electrons. The lowest BCUT2D eigenvalue weighted by molar-refractivity contribution is 0.414. The Hall–Kier alpha value is -1.87. The number of pyridine rings is 1. The highest BCUT2D eigenvalue weighted by Gasteiger charge is 2.12. The predicted molar refractivity (Wildman–Crippen MR) is 72.9 cm³/mol. The third-order valence-corrected chi connectivity index (χ3v) is 2.98. The van der Waals surface area contributed by atoms with Crippen molar-refractivity contribution in [2.24, 2.45) is 0 Å². The van der Waals surface area contributed by atoms with Crippen LogP contribution in [-0.2, 0) is 0 Å². The molecule has 2 aromatic rings. The van der Waals surface area contributed by atoms with E-state index in [9.17, 15) is 0 Å². The van der Waals surface area contributed by atoms with Crippen LogP contribution in [0.25, 0.3) is 0 Å². The van der Waals surface area contributed by atoms with Crippen LogP contribution in [0.15, 0.2) is 42.6 Å². The van der Waals surface area contributed by atoms with Crippen molar-refractivity contribution in [2.75, 3.05) is 14.2 Å². The van der Waals surface area contributed by atoms with Crippen molar-refractivity contribution in [1.82, 2.24) is 10.3 Å². The van der Waals surface area contributed by atoms with E-state index >= 15 is 0 Å². The molecule has 0 aliphatic heterocycles. The Balaban J connectivity index is 2.35. The van der Waals surface area contributed by atoms with Gasteiger partial charge in [-0.1, -0.05) is 18.2 Å². The van der Waals surface area contributed by atoms with Crippen LogP contribution in [0.5, 0.6) is 5.75 Å². The fourth-order valence-corrected chi connectivity index (χ4v) is 2.00. The standard InChI is InChI=1S/C15H18N2O/c1-11-7-8-13(10-17-11)15(16-2)12-5-4-6-14(9-12)18-3/h4-10,15-16H,1-3H3. The zero-order valence-electron chi connectivity index (χ0n) is 11.0. The Morgan fingerprint density at radius 3 is 2.61 bits per heavy atom. The van der Waals surface area contributed by atoms with Gasteiger partial charge in [-0.25, -0.2) is 0 Å². The van der Waals surface area contributed by atoms with E-state index in [0.29, 0.717) is 0 Å². The number of rotatable bonds is 4. The van der Waals surface area contributed by atoms with Crippen LogP contribution in [0.2, 0.25) is 0 Å². The van der Waals surface area contributed by atoms with Crippen molar-refractivity contribution in [1.29, 1.82) is 0 Å². The molecule has 0 saturated heterocycles. The van der Waals surface area contributed by atoms with E-state index in [1.165, 1.54) is 5.56 Å². The van der Waals surface area contributed by atoms with Crippen LogP contribution in [0, 0.1) is 6.92 Å². The fourth-order valence-electron chi connectivity index (χ4n) is 2.00. The molecule has 94 valence electrons. The lowest BCUT2D eigenvalue weighted by atomic mass is 10.00. The molecule has 0 spiro atoms. The molecule has 0 fully saturated rings. The minimum Gasteiger partial charge on any atom is -0.497 e. The van der Waals surface area contributed by atoms with Gasteiger partial charge in [0.15, 0.2) is 0 Å². The van der Waals surface area contributed by atoms with Gasteiger partial charge in [0, 0.05) is 11.9 Å². The molecule has 0 saturated carbocycles. The average molecular weight is 242 g/mol. The normalized spacial score (nSPS) is 12.2. The summed E-state index contributed by atoms with van der Waals surface area (Å²) >= 11 is 0. The molecule has 1 unspecified atom stereocenters. The second kappa shape index (κ2) is 5.65. The molecule has 1 heterocycles. The third-order valence-electron chi connectivity index (χ3n) is 2.98. The highest BCUT2D eigenvalue weighted by Crippen LogP contribution is 2.24. The average Bonchev–Trinajstić information content (AvgIpc) is 2.42. The van der Waals surface area contributed by atoms with E-state index in [4.69, 9.17) is 4.74 Å². The smallest absolute Gasteiger partial charge is 0.119 e. The van der Waals surface area contributed by atoms with Crippen LogP contribution in [0.4, 0.5) is 0 Å². The van der Waals surface area contributed by atoms with Crippen molar-refractivity contribution in [3.8, 4) is 5.75 Å². The number of ether oxygens (including phenoxy) is 1. The van der Waals surface area contributed by atoms with Crippen molar-refractivity contribution < 1.29 is 4.74 Å². The van der Waals surface area contributed by atoms with Crippen molar-refractivity contribution >= 4 is 0 Å². The number of hydrogen-bond acceptors (Lipinski definition) is 3.